The molecule has 1 aromatic heterocycles. The number of rotatable bonds is 4. The van der Waals surface area contributed by atoms with Crippen molar-refractivity contribution >= 4 is 6.03 Å². The van der Waals surface area contributed by atoms with Crippen molar-refractivity contribution in [3.05, 3.63) is 48.4 Å². The molecular formula is C16H18N2O4. The second-order valence-electron chi connectivity index (χ2n) is 5.17. The van der Waals surface area contributed by atoms with Gasteiger partial charge < -0.3 is 24.1 Å². The van der Waals surface area contributed by atoms with E-state index in [1.165, 1.54) is 0 Å². The molecule has 0 fully saturated rings. The predicted octanol–water partition coefficient (Wildman–Crippen LogP) is 2.26. The van der Waals surface area contributed by atoms with Crippen LogP contribution >= 0.6 is 0 Å². The summed E-state index contributed by atoms with van der Waals surface area (Å²) < 4.78 is 16.4. The van der Waals surface area contributed by atoms with Crippen LogP contribution in [0.1, 0.15) is 5.56 Å². The quantitative estimate of drug-likeness (QED) is 0.941. The van der Waals surface area contributed by atoms with Crippen molar-refractivity contribution in [1.82, 2.24) is 10.2 Å². The smallest absolute Gasteiger partial charge is 0.317 e. The standard InChI is InChI=1S/C16H18N2O4/c1-18(16(19)17-8-12-6-7-20-10-12)9-13-11-21-14-4-2-3-5-15(14)22-13/h2-7,10,13H,8-9,11H2,1H3,(H,17,19). The molecule has 2 heterocycles. The zero-order valence-corrected chi connectivity index (χ0v) is 12.3. The molecule has 116 valence electrons. The van der Waals surface area contributed by atoms with Gasteiger partial charge in [-0.15, -0.1) is 0 Å². The maximum absolute atomic E-state index is 12.0. The number of hydrogen-bond acceptors (Lipinski definition) is 4. The van der Waals surface area contributed by atoms with E-state index in [9.17, 15) is 4.79 Å². The van der Waals surface area contributed by atoms with Crippen LogP contribution in [0.2, 0.25) is 0 Å². The van der Waals surface area contributed by atoms with Crippen LogP contribution in [0.25, 0.3) is 0 Å². The molecule has 0 saturated heterocycles. The summed E-state index contributed by atoms with van der Waals surface area (Å²) in [7, 11) is 1.73. The van der Waals surface area contributed by atoms with Gasteiger partial charge in [-0.2, -0.15) is 0 Å². The van der Waals surface area contributed by atoms with Gasteiger partial charge in [-0.25, -0.2) is 4.79 Å². The van der Waals surface area contributed by atoms with Crippen molar-refractivity contribution in [1.29, 1.82) is 0 Å². The molecule has 0 saturated carbocycles. The van der Waals surface area contributed by atoms with Crippen LogP contribution in [0, 0.1) is 0 Å². The van der Waals surface area contributed by atoms with Crippen LogP contribution in [0.4, 0.5) is 4.79 Å². The lowest BCUT2D eigenvalue weighted by molar-refractivity contribution is 0.0715. The van der Waals surface area contributed by atoms with Gasteiger partial charge in [0.15, 0.2) is 17.6 Å². The number of benzene rings is 1. The number of carbonyl (C=O) groups excluding carboxylic acids is 1. The fourth-order valence-electron chi connectivity index (χ4n) is 2.25. The van der Waals surface area contributed by atoms with Crippen molar-refractivity contribution in [2.24, 2.45) is 0 Å². The minimum absolute atomic E-state index is 0.163. The topological polar surface area (TPSA) is 63.9 Å². The Hall–Kier alpha value is -2.63. The molecule has 1 aliphatic heterocycles. The van der Waals surface area contributed by atoms with Crippen LogP contribution in [-0.4, -0.2) is 37.2 Å². The summed E-state index contributed by atoms with van der Waals surface area (Å²) in [6.45, 7) is 1.31. The molecule has 1 unspecified atom stereocenters. The van der Waals surface area contributed by atoms with E-state index in [1.54, 1.807) is 24.5 Å². The highest BCUT2D eigenvalue weighted by molar-refractivity contribution is 5.73. The maximum Gasteiger partial charge on any atom is 0.317 e. The Bertz CT molecular complexity index is 627. The number of fused-ring (bicyclic) bond motifs is 1. The molecule has 22 heavy (non-hydrogen) atoms. The number of furan rings is 1. The molecule has 6 heteroatoms. The fourth-order valence-corrected chi connectivity index (χ4v) is 2.25. The van der Waals surface area contributed by atoms with E-state index in [4.69, 9.17) is 13.9 Å². The predicted molar refractivity (Wildman–Crippen MR) is 79.9 cm³/mol. The number of para-hydroxylation sites is 2. The molecule has 0 aliphatic carbocycles. The molecule has 1 aromatic carbocycles. The lowest BCUT2D eigenvalue weighted by Crippen LogP contribution is -2.45. The summed E-state index contributed by atoms with van der Waals surface area (Å²) in [6.07, 6.45) is 3.00. The molecule has 3 rings (SSSR count). The molecular weight excluding hydrogens is 284 g/mol. The third-order valence-corrected chi connectivity index (χ3v) is 3.42. The first kappa shape index (κ1) is 14.3. The van der Waals surface area contributed by atoms with Gasteiger partial charge in [-0.05, 0) is 18.2 Å². The van der Waals surface area contributed by atoms with Gasteiger partial charge in [-0.1, -0.05) is 12.1 Å². The highest BCUT2D eigenvalue weighted by atomic mass is 16.6. The summed E-state index contributed by atoms with van der Waals surface area (Å²) in [4.78, 5) is 13.6. The Morgan fingerprint density at radius 1 is 1.32 bits per heavy atom. The summed E-state index contributed by atoms with van der Waals surface area (Å²) in [6, 6.07) is 9.18. The Labute approximate surface area is 128 Å². The molecule has 1 atom stereocenters. The molecule has 0 bridgehead atoms. The first-order chi connectivity index (χ1) is 10.7. The molecule has 1 N–H and O–H groups in total. The lowest BCUT2D eigenvalue weighted by atomic mass is 10.2. The fraction of sp³-hybridized carbons (Fsp3) is 0.312. The van der Waals surface area contributed by atoms with Gasteiger partial charge in [-0.3, -0.25) is 0 Å². The van der Waals surface area contributed by atoms with Crippen LogP contribution < -0.4 is 14.8 Å². The van der Waals surface area contributed by atoms with Gasteiger partial charge in [0.1, 0.15) is 6.61 Å². The van der Waals surface area contributed by atoms with Gasteiger partial charge in [0.25, 0.3) is 0 Å². The highest BCUT2D eigenvalue weighted by Gasteiger charge is 2.23. The first-order valence-corrected chi connectivity index (χ1v) is 7.11. The third kappa shape index (κ3) is 3.33. The number of nitrogens with one attached hydrogen (secondary N) is 1. The Balaban J connectivity index is 1.49. The molecule has 2 amide bonds. The van der Waals surface area contributed by atoms with Gasteiger partial charge in [0.05, 0.1) is 19.1 Å². The molecule has 1 aliphatic rings. The maximum atomic E-state index is 12.0. The first-order valence-electron chi connectivity index (χ1n) is 7.11. The molecule has 6 nitrogen and oxygen atoms in total. The van der Waals surface area contributed by atoms with E-state index in [2.05, 4.69) is 5.32 Å². The van der Waals surface area contributed by atoms with E-state index in [-0.39, 0.29) is 12.1 Å². The summed E-state index contributed by atoms with van der Waals surface area (Å²) in [5.41, 5.74) is 0.924. The van der Waals surface area contributed by atoms with E-state index in [0.717, 1.165) is 11.3 Å². The van der Waals surface area contributed by atoms with Gasteiger partial charge >= 0.3 is 6.03 Å². The monoisotopic (exact) mass is 302 g/mol. The van der Waals surface area contributed by atoms with E-state index < -0.39 is 0 Å². The number of carbonyl (C=O) groups is 1. The Kier molecular flexibility index (Phi) is 4.18. The molecule has 2 aromatic rings. The highest BCUT2D eigenvalue weighted by Crippen LogP contribution is 2.30. The Morgan fingerprint density at radius 3 is 2.91 bits per heavy atom. The van der Waals surface area contributed by atoms with Crippen molar-refractivity contribution in [3.63, 3.8) is 0 Å². The molecule has 0 spiro atoms. The van der Waals surface area contributed by atoms with E-state index in [1.807, 2.05) is 30.3 Å². The lowest BCUT2D eigenvalue weighted by Gasteiger charge is -2.29. The third-order valence-electron chi connectivity index (χ3n) is 3.42. The average molecular weight is 302 g/mol. The zero-order valence-electron chi connectivity index (χ0n) is 12.3. The van der Waals surface area contributed by atoms with Crippen LogP contribution in [0.15, 0.2) is 47.3 Å². The number of likely N-dealkylation sites (N-methyl/N-ethyl adjacent to an activating group) is 1. The van der Waals surface area contributed by atoms with Crippen molar-refractivity contribution in [3.8, 4) is 11.5 Å². The van der Waals surface area contributed by atoms with E-state index >= 15 is 0 Å². The van der Waals surface area contributed by atoms with Crippen LogP contribution in [0.3, 0.4) is 0 Å². The van der Waals surface area contributed by atoms with Gasteiger partial charge in [0.2, 0.25) is 0 Å². The Morgan fingerprint density at radius 2 is 2.14 bits per heavy atom. The van der Waals surface area contributed by atoms with Crippen LogP contribution in [0.5, 0.6) is 11.5 Å². The van der Waals surface area contributed by atoms with Crippen LogP contribution in [-0.2, 0) is 6.54 Å². The number of urea groups is 1. The summed E-state index contributed by atoms with van der Waals surface area (Å²) in [5, 5.41) is 2.82. The number of hydrogen-bond donors (Lipinski definition) is 1. The molecule has 0 radical (unpaired) electrons. The van der Waals surface area contributed by atoms with Crippen molar-refractivity contribution in [2.45, 2.75) is 12.6 Å². The van der Waals surface area contributed by atoms with Crippen molar-refractivity contribution in [2.75, 3.05) is 20.2 Å². The summed E-state index contributed by atoms with van der Waals surface area (Å²) >= 11 is 0. The normalized spacial score (nSPS) is 16.1. The summed E-state index contributed by atoms with van der Waals surface area (Å²) in [5.74, 6) is 1.46. The second-order valence-corrected chi connectivity index (χ2v) is 5.17. The minimum Gasteiger partial charge on any atom is -0.486 e. The zero-order chi connectivity index (χ0) is 15.4. The SMILES string of the molecule is CN(CC1COc2ccccc2O1)C(=O)NCc1ccoc1. The number of ether oxygens (including phenoxy) is 2. The van der Waals surface area contributed by atoms with Gasteiger partial charge in [0, 0.05) is 19.2 Å². The largest absolute Gasteiger partial charge is 0.486 e. The average Bonchev–Trinajstić information content (AvgIpc) is 3.06. The van der Waals surface area contributed by atoms with Crippen molar-refractivity contribution < 1.29 is 18.7 Å². The number of nitrogens with zero attached hydrogens (tertiary/aromatic N) is 1. The second kappa shape index (κ2) is 6.43. The van der Waals surface area contributed by atoms with E-state index in [0.29, 0.717) is 25.4 Å². The minimum atomic E-state index is -0.181. The number of amides is 2.